The highest BCUT2D eigenvalue weighted by Gasteiger charge is 2.32. The molecular formula is C14H11F3INO2S. The largest absolute Gasteiger partial charge is 0.416 e. The summed E-state index contributed by atoms with van der Waals surface area (Å²) >= 11 is 1.81. The second-order valence-corrected chi connectivity index (χ2v) is 7.33. The third-order valence-electron chi connectivity index (χ3n) is 2.88. The van der Waals surface area contributed by atoms with Crippen molar-refractivity contribution in [3.05, 3.63) is 57.2 Å². The summed E-state index contributed by atoms with van der Waals surface area (Å²) in [7, 11) is -3.94. The molecule has 2 aromatic carbocycles. The molecule has 0 aliphatic heterocycles. The summed E-state index contributed by atoms with van der Waals surface area (Å²) in [5.41, 5.74) is -0.630. The van der Waals surface area contributed by atoms with Crippen molar-refractivity contribution in [2.45, 2.75) is 18.0 Å². The molecule has 0 fully saturated rings. The van der Waals surface area contributed by atoms with Gasteiger partial charge in [0.25, 0.3) is 10.0 Å². The van der Waals surface area contributed by atoms with E-state index in [1.807, 2.05) is 22.6 Å². The molecule has 8 heteroatoms. The Morgan fingerprint density at radius 1 is 1.09 bits per heavy atom. The molecule has 0 unspecified atom stereocenters. The molecule has 22 heavy (non-hydrogen) atoms. The van der Waals surface area contributed by atoms with Gasteiger partial charge < -0.3 is 0 Å². The van der Waals surface area contributed by atoms with Crippen LogP contribution in [0, 0.1) is 10.5 Å². The van der Waals surface area contributed by atoms with Crippen molar-refractivity contribution >= 4 is 38.3 Å². The van der Waals surface area contributed by atoms with Crippen molar-refractivity contribution in [3.63, 3.8) is 0 Å². The zero-order chi connectivity index (χ0) is 16.5. The monoisotopic (exact) mass is 441 g/mol. The number of hydrogen-bond acceptors (Lipinski definition) is 2. The van der Waals surface area contributed by atoms with E-state index in [0.29, 0.717) is 9.13 Å². The second kappa shape index (κ2) is 6.07. The zero-order valence-corrected chi connectivity index (χ0v) is 14.3. The number of rotatable bonds is 3. The molecule has 0 aliphatic rings. The Hall–Kier alpha value is -1.29. The molecule has 0 aliphatic carbocycles. The summed E-state index contributed by atoms with van der Waals surface area (Å²) < 4.78 is 65.7. The lowest BCUT2D eigenvalue weighted by Crippen LogP contribution is -2.15. The highest BCUT2D eigenvalue weighted by molar-refractivity contribution is 14.1. The van der Waals surface area contributed by atoms with Gasteiger partial charge in [-0.15, -0.1) is 0 Å². The first kappa shape index (κ1) is 17.1. The van der Waals surface area contributed by atoms with Crippen molar-refractivity contribution in [2.75, 3.05) is 4.72 Å². The summed E-state index contributed by atoms with van der Waals surface area (Å²) in [5.74, 6) is 0. The molecule has 0 heterocycles. The molecule has 0 amide bonds. The van der Waals surface area contributed by atoms with Gasteiger partial charge in [-0.2, -0.15) is 13.2 Å². The summed E-state index contributed by atoms with van der Waals surface area (Å²) in [4.78, 5) is -0.0131. The van der Waals surface area contributed by atoms with Crippen LogP contribution in [0.15, 0.2) is 47.4 Å². The van der Waals surface area contributed by atoms with E-state index in [-0.39, 0.29) is 10.6 Å². The molecule has 0 aromatic heterocycles. The van der Waals surface area contributed by atoms with Gasteiger partial charge in [0.1, 0.15) is 0 Å². The van der Waals surface area contributed by atoms with Crippen LogP contribution >= 0.6 is 22.6 Å². The molecule has 0 saturated heterocycles. The van der Waals surface area contributed by atoms with E-state index in [9.17, 15) is 21.6 Å². The van der Waals surface area contributed by atoms with Crippen molar-refractivity contribution < 1.29 is 21.6 Å². The molecule has 0 atom stereocenters. The highest BCUT2D eigenvalue weighted by Crippen LogP contribution is 2.35. The number of aryl methyl sites for hydroxylation is 1. The van der Waals surface area contributed by atoms with Crippen molar-refractivity contribution in [3.8, 4) is 0 Å². The fraction of sp³-hybridized carbons (Fsp3) is 0.143. The van der Waals surface area contributed by atoms with Gasteiger partial charge in [0, 0.05) is 3.57 Å². The van der Waals surface area contributed by atoms with Gasteiger partial charge in [0.05, 0.1) is 16.1 Å². The van der Waals surface area contributed by atoms with Crippen LogP contribution in [0.25, 0.3) is 0 Å². The van der Waals surface area contributed by atoms with Gasteiger partial charge in [-0.25, -0.2) is 8.42 Å². The Bertz CT molecular complexity index is 790. The van der Waals surface area contributed by atoms with Crippen LogP contribution in [0.2, 0.25) is 0 Å². The van der Waals surface area contributed by atoms with Crippen molar-refractivity contribution in [2.24, 2.45) is 0 Å². The highest BCUT2D eigenvalue weighted by atomic mass is 127. The van der Waals surface area contributed by atoms with Crippen molar-refractivity contribution in [1.29, 1.82) is 0 Å². The van der Waals surface area contributed by atoms with E-state index in [4.69, 9.17) is 0 Å². The van der Waals surface area contributed by atoms with Crippen LogP contribution in [0.1, 0.15) is 11.1 Å². The first-order chi connectivity index (χ1) is 10.1. The first-order valence-electron chi connectivity index (χ1n) is 6.06. The maximum Gasteiger partial charge on any atom is 0.416 e. The average molecular weight is 441 g/mol. The number of halogens is 4. The number of alkyl halides is 3. The fourth-order valence-corrected chi connectivity index (χ4v) is 3.52. The minimum Gasteiger partial charge on any atom is -0.279 e. The number of anilines is 1. The SMILES string of the molecule is Cc1cc(C(F)(F)F)cc(NS(=O)(=O)c2ccccc2)c1I. The molecule has 0 radical (unpaired) electrons. The van der Waals surface area contributed by atoms with Crippen LogP contribution in [0.4, 0.5) is 18.9 Å². The topological polar surface area (TPSA) is 46.2 Å². The standard InChI is InChI=1S/C14H11F3INO2S/c1-9-7-10(14(15,16)17)8-12(13(9)18)19-22(20,21)11-5-3-2-4-6-11/h2-8,19H,1H3. The van der Waals surface area contributed by atoms with Crippen LogP contribution in [-0.4, -0.2) is 8.42 Å². The Labute approximate surface area is 139 Å². The molecular weight excluding hydrogens is 430 g/mol. The van der Waals surface area contributed by atoms with E-state index in [1.165, 1.54) is 31.2 Å². The lowest BCUT2D eigenvalue weighted by molar-refractivity contribution is -0.137. The van der Waals surface area contributed by atoms with Crippen molar-refractivity contribution in [1.82, 2.24) is 0 Å². The van der Waals surface area contributed by atoms with Crippen LogP contribution in [0.5, 0.6) is 0 Å². The van der Waals surface area contributed by atoms with Gasteiger partial charge in [0.2, 0.25) is 0 Å². The lowest BCUT2D eigenvalue weighted by atomic mass is 10.1. The predicted octanol–water partition coefficient (Wildman–Crippen LogP) is 4.42. The molecule has 0 spiro atoms. The number of sulfonamides is 1. The first-order valence-corrected chi connectivity index (χ1v) is 8.62. The molecule has 2 aromatic rings. The Morgan fingerprint density at radius 3 is 2.23 bits per heavy atom. The number of hydrogen-bond donors (Lipinski definition) is 1. The minimum absolute atomic E-state index is 0.0131. The van der Waals surface area contributed by atoms with Gasteiger partial charge in [-0.05, 0) is 59.3 Å². The Kier molecular flexibility index (Phi) is 4.71. The number of nitrogens with one attached hydrogen (secondary N) is 1. The number of benzene rings is 2. The zero-order valence-electron chi connectivity index (χ0n) is 11.3. The maximum atomic E-state index is 12.9. The van der Waals surface area contributed by atoms with E-state index >= 15 is 0 Å². The summed E-state index contributed by atoms with van der Waals surface area (Å²) in [6, 6.07) is 9.26. The predicted molar refractivity (Wildman–Crippen MR) is 86.1 cm³/mol. The second-order valence-electron chi connectivity index (χ2n) is 4.57. The van der Waals surface area contributed by atoms with Crippen LogP contribution in [-0.2, 0) is 16.2 Å². The maximum absolute atomic E-state index is 12.9. The molecule has 0 bridgehead atoms. The van der Waals surface area contributed by atoms with E-state index in [0.717, 1.165) is 12.1 Å². The lowest BCUT2D eigenvalue weighted by Gasteiger charge is -2.15. The third kappa shape index (κ3) is 3.72. The summed E-state index contributed by atoms with van der Waals surface area (Å²) in [6.45, 7) is 1.50. The molecule has 1 N–H and O–H groups in total. The molecule has 0 saturated carbocycles. The van der Waals surface area contributed by atoms with Crippen LogP contribution in [0.3, 0.4) is 0 Å². The van der Waals surface area contributed by atoms with Gasteiger partial charge in [-0.1, -0.05) is 18.2 Å². The Morgan fingerprint density at radius 2 is 1.68 bits per heavy atom. The molecule has 118 valence electrons. The minimum atomic E-state index is -4.54. The summed E-state index contributed by atoms with van der Waals surface area (Å²) in [6.07, 6.45) is -4.54. The molecule has 2 rings (SSSR count). The fourth-order valence-electron chi connectivity index (χ4n) is 1.81. The average Bonchev–Trinajstić information content (AvgIpc) is 2.43. The van der Waals surface area contributed by atoms with Gasteiger partial charge in [-0.3, -0.25) is 4.72 Å². The van der Waals surface area contributed by atoms with Crippen LogP contribution < -0.4 is 4.72 Å². The summed E-state index contributed by atoms with van der Waals surface area (Å²) in [5, 5.41) is 0. The van der Waals surface area contributed by atoms with E-state index in [1.54, 1.807) is 6.07 Å². The van der Waals surface area contributed by atoms with Gasteiger partial charge >= 0.3 is 6.18 Å². The normalized spacial score (nSPS) is 12.2. The smallest absolute Gasteiger partial charge is 0.279 e. The van der Waals surface area contributed by atoms with E-state index in [2.05, 4.69) is 4.72 Å². The Balaban J connectivity index is 2.48. The quantitative estimate of drug-likeness (QED) is 0.718. The van der Waals surface area contributed by atoms with Gasteiger partial charge in [0.15, 0.2) is 0 Å². The third-order valence-corrected chi connectivity index (χ3v) is 5.69. The van der Waals surface area contributed by atoms with E-state index < -0.39 is 21.8 Å². The molecule has 3 nitrogen and oxygen atoms in total.